The van der Waals surface area contributed by atoms with Crippen molar-refractivity contribution in [2.75, 3.05) is 20.6 Å². The van der Waals surface area contributed by atoms with Gasteiger partial charge in [0.1, 0.15) is 0 Å². The molecule has 2 amide bonds. The number of fused-ring (bicyclic) bond motifs is 1. The van der Waals surface area contributed by atoms with Gasteiger partial charge in [0.2, 0.25) is 0 Å². The number of hydrogen-bond donors (Lipinski definition) is 1. The van der Waals surface area contributed by atoms with Gasteiger partial charge in [0.25, 0.3) is 10.0 Å². The Hall–Kier alpha value is -2.80. The van der Waals surface area contributed by atoms with Gasteiger partial charge in [-0.1, -0.05) is 29.8 Å². The number of nitrogens with zero attached hydrogens (tertiary/aromatic N) is 2. The van der Waals surface area contributed by atoms with Crippen LogP contribution in [0.3, 0.4) is 0 Å². The van der Waals surface area contributed by atoms with Crippen LogP contribution >= 0.6 is 0 Å². The molecule has 7 heteroatoms. The quantitative estimate of drug-likeness (QED) is 0.734. The third kappa shape index (κ3) is 3.98. The molecule has 0 bridgehead atoms. The van der Waals surface area contributed by atoms with Gasteiger partial charge >= 0.3 is 6.03 Å². The van der Waals surface area contributed by atoms with Crippen molar-refractivity contribution in [3.8, 4) is 0 Å². The van der Waals surface area contributed by atoms with Crippen molar-refractivity contribution in [1.82, 2.24) is 14.2 Å². The predicted octanol–water partition coefficient (Wildman–Crippen LogP) is 3.00. The standard InChI is InChI=1S/C20H23N3O3S/c1-15-4-8-18(9-5-15)27(25,26)23-13-11-17-7-6-16(14-19(17)23)10-12-21-20(24)22(2)3/h4-9,11,13-14H,10,12H2,1-3H3,(H,21,24). The fourth-order valence-corrected chi connectivity index (χ4v) is 4.16. The van der Waals surface area contributed by atoms with Gasteiger partial charge in [-0.2, -0.15) is 0 Å². The SMILES string of the molecule is Cc1ccc(S(=O)(=O)n2ccc3ccc(CCNC(=O)N(C)C)cc32)cc1. The van der Waals surface area contributed by atoms with Crippen LogP contribution in [0.25, 0.3) is 10.9 Å². The Morgan fingerprint density at radius 2 is 1.78 bits per heavy atom. The van der Waals surface area contributed by atoms with Crippen molar-refractivity contribution < 1.29 is 13.2 Å². The summed E-state index contributed by atoms with van der Waals surface area (Å²) in [4.78, 5) is 13.3. The second-order valence-corrected chi connectivity index (χ2v) is 8.51. The molecule has 0 aliphatic heterocycles. The summed E-state index contributed by atoms with van der Waals surface area (Å²) < 4.78 is 27.3. The van der Waals surface area contributed by atoms with Crippen molar-refractivity contribution >= 4 is 27.0 Å². The van der Waals surface area contributed by atoms with Gasteiger partial charge in [0.15, 0.2) is 0 Å². The molecule has 0 saturated heterocycles. The van der Waals surface area contributed by atoms with Gasteiger partial charge in [0.05, 0.1) is 10.4 Å². The molecule has 1 aromatic heterocycles. The molecule has 3 rings (SSSR count). The molecule has 0 radical (unpaired) electrons. The van der Waals surface area contributed by atoms with E-state index in [9.17, 15) is 13.2 Å². The Labute approximate surface area is 159 Å². The lowest BCUT2D eigenvalue weighted by atomic mass is 10.1. The zero-order valence-corrected chi connectivity index (χ0v) is 16.5. The largest absolute Gasteiger partial charge is 0.338 e. The van der Waals surface area contributed by atoms with E-state index in [4.69, 9.17) is 0 Å². The summed E-state index contributed by atoms with van der Waals surface area (Å²) in [7, 11) is -0.291. The van der Waals surface area contributed by atoms with Gasteiger partial charge in [0, 0.05) is 32.2 Å². The number of aromatic nitrogens is 1. The Bertz CT molecular complexity index is 1070. The summed E-state index contributed by atoms with van der Waals surface area (Å²) in [5.74, 6) is 0. The summed E-state index contributed by atoms with van der Waals surface area (Å²) in [5, 5.41) is 3.66. The van der Waals surface area contributed by atoms with E-state index in [2.05, 4.69) is 5.32 Å². The molecule has 27 heavy (non-hydrogen) atoms. The molecule has 0 saturated carbocycles. The van der Waals surface area contributed by atoms with E-state index in [0.717, 1.165) is 16.5 Å². The van der Waals surface area contributed by atoms with Crippen LogP contribution < -0.4 is 5.32 Å². The third-order valence-corrected chi connectivity index (χ3v) is 6.10. The fraction of sp³-hybridized carbons (Fsp3) is 0.250. The highest BCUT2D eigenvalue weighted by molar-refractivity contribution is 7.90. The maximum Gasteiger partial charge on any atom is 0.316 e. The zero-order valence-electron chi connectivity index (χ0n) is 15.6. The first-order valence-corrected chi connectivity index (χ1v) is 10.1. The highest BCUT2D eigenvalue weighted by Crippen LogP contribution is 2.23. The van der Waals surface area contributed by atoms with E-state index in [1.165, 1.54) is 8.87 Å². The Morgan fingerprint density at radius 1 is 1.07 bits per heavy atom. The van der Waals surface area contributed by atoms with Gasteiger partial charge in [-0.05, 0) is 43.2 Å². The number of rotatable bonds is 5. The second-order valence-electron chi connectivity index (χ2n) is 6.70. The first-order valence-electron chi connectivity index (χ1n) is 8.66. The van der Waals surface area contributed by atoms with Crippen LogP contribution in [0.15, 0.2) is 59.6 Å². The van der Waals surface area contributed by atoms with Crippen molar-refractivity contribution in [2.24, 2.45) is 0 Å². The molecule has 1 heterocycles. The summed E-state index contributed by atoms with van der Waals surface area (Å²) in [6, 6.07) is 14.2. The van der Waals surface area contributed by atoms with E-state index in [1.54, 1.807) is 50.6 Å². The number of nitrogens with one attached hydrogen (secondary N) is 1. The molecule has 3 aromatic rings. The number of carbonyl (C=O) groups is 1. The summed E-state index contributed by atoms with van der Waals surface area (Å²) in [6.07, 6.45) is 2.20. The van der Waals surface area contributed by atoms with Crippen molar-refractivity contribution in [3.63, 3.8) is 0 Å². The van der Waals surface area contributed by atoms with Crippen LogP contribution in [-0.4, -0.2) is 44.0 Å². The maximum absolute atomic E-state index is 13.0. The van der Waals surface area contributed by atoms with E-state index in [0.29, 0.717) is 18.5 Å². The summed E-state index contributed by atoms with van der Waals surface area (Å²) >= 11 is 0. The van der Waals surface area contributed by atoms with E-state index in [1.807, 2.05) is 25.1 Å². The lowest BCUT2D eigenvalue weighted by Gasteiger charge is -2.12. The van der Waals surface area contributed by atoms with E-state index in [-0.39, 0.29) is 10.9 Å². The zero-order chi connectivity index (χ0) is 19.6. The van der Waals surface area contributed by atoms with Crippen LogP contribution in [0.4, 0.5) is 4.79 Å². The Morgan fingerprint density at radius 3 is 2.44 bits per heavy atom. The summed E-state index contributed by atoms with van der Waals surface area (Å²) in [5.41, 5.74) is 2.60. The number of hydrogen-bond acceptors (Lipinski definition) is 3. The molecule has 0 spiro atoms. The van der Waals surface area contributed by atoms with Gasteiger partial charge in [-0.25, -0.2) is 17.2 Å². The monoisotopic (exact) mass is 385 g/mol. The van der Waals surface area contributed by atoms with Crippen molar-refractivity contribution in [2.45, 2.75) is 18.2 Å². The maximum atomic E-state index is 13.0. The average molecular weight is 385 g/mol. The number of carbonyl (C=O) groups excluding carboxylic acids is 1. The normalized spacial score (nSPS) is 11.5. The number of urea groups is 1. The Kier molecular flexibility index (Phi) is 5.23. The van der Waals surface area contributed by atoms with Crippen LogP contribution in [0, 0.1) is 6.92 Å². The van der Waals surface area contributed by atoms with Crippen molar-refractivity contribution in [3.05, 3.63) is 65.9 Å². The lowest BCUT2D eigenvalue weighted by Crippen LogP contribution is -2.35. The average Bonchev–Trinajstić information content (AvgIpc) is 3.06. The molecule has 0 unspecified atom stereocenters. The molecule has 2 aromatic carbocycles. The molecular weight excluding hydrogens is 362 g/mol. The molecule has 0 aliphatic rings. The molecule has 0 fully saturated rings. The van der Waals surface area contributed by atoms with Crippen LogP contribution in [0.5, 0.6) is 0 Å². The third-order valence-electron chi connectivity index (χ3n) is 4.40. The fourth-order valence-electron chi connectivity index (χ4n) is 2.81. The first-order chi connectivity index (χ1) is 12.8. The number of aryl methyl sites for hydroxylation is 1. The van der Waals surface area contributed by atoms with Gasteiger partial charge in [-0.3, -0.25) is 0 Å². The van der Waals surface area contributed by atoms with Crippen LogP contribution in [-0.2, 0) is 16.4 Å². The highest BCUT2D eigenvalue weighted by Gasteiger charge is 2.18. The number of amides is 2. The minimum atomic E-state index is -3.66. The smallest absolute Gasteiger partial charge is 0.316 e. The summed E-state index contributed by atoms with van der Waals surface area (Å²) in [6.45, 7) is 2.40. The Balaban J connectivity index is 1.89. The molecule has 0 aliphatic carbocycles. The van der Waals surface area contributed by atoms with Gasteiger partial charge < -0.3 is 10.2 Å². The highest BCUT2D eigenvalue weighted by atomic mass is 32.2. The van der Waals surface area contributed by atoms with Crippen LogP contribution in [0.1, 0.15) is 11.1 Å². The molecular formula is C20H23N3O3S. The topological polar surface area (TPSA) is 71.4 Å². The van der Waals surface area contributed by atoms with E-state index >= 15 is 0 Å². The minimum Gasteiger partial charge on any atom is -0.338 e. The molecule has 6 nitrogen and oxygen atoms in total. The van der Waals surface area contributed by atoms with Gasteiger partial charge in [-0.15, -0.1) is 0 Å². The van der Waals surface area contributed by atoms with E-state index < -0.39 is 10.0 Å². The lowest BCUT2D eigenvalue weighted by molar-refractivity contribution is 0.217. The molecule has 142 valence electrons. The minimum absolute atomic E-state index is 0.151. The van der Waals surface area contributed by atoms with Crippen molar-refractivity contribution in [1.29, 1.82) is 0 Å². The number of benzene rings is 2. The molecule has 0 atom stereocenters. The van der Waals surface area contributed by atoms with Crippen LogP contribution in [0.2, 0.25) is 0 Å². The molecule has 1 N–H and O–H groups in total. The second kappa shape index (κ2) is 7.44. The predicted molar refractivity (Wildman–Crippen MR) is 106 cm³/mol. The first kappa shape index (κ1) is 19.0.